The molecular weight excluding hydrogens is 360 g/mol. The number of aromatic nitrogens is 3. The average molecular weight is 389 g/mol. The van der Waals surface area contributed by atoms with Gasteiger partial charge in [0, 0.05) is 17.8 Å². The molecule has 9 heteroatoms. The van der Waals surface area contributed by atoms with Gasteiger partial charge in [0.1, 0.15) is 0 Å². The summed E-state index contributed by atoms with van der Waals surface area (Å²) in [5, 5.41) is 9.95. The number of nitrogens with zero attached hydrogens (tertiary/aromatic N) is 3. The van der Waals surface area contributed by atoms with E-state index < -0.39 is 0 Å². The molecule has 0 saturated heterocycles. The maximum Gasteiger partial charge on any atom is 0.248 e. The molecule has 0 radical (unpaired) electrons. The third kappa shape index (κ3) is 6.52. The minimum atomic E-state index is 0.201. The van der Waals surface area contributed by atoms with Crippen molar-refractivity contribution in [2.45, 2.75) is 53.6 Å². The Hall–Kier alpha value is -2.68. The van der Waals surface area contributed by atoms with Gasteiger partial charge in [0.2, 0.25) is 17.8 Å². The number of anilines is 4. The first-order valence-electron chi connectivity index (χ1n) is 8.93. The second kappa shape index (κ2) is 9.31. The number of hydrogen-bond acceptors (Lipinski definition) is 7. The summed E-state index contributed by atoms with van der Waals surface area (Å²) in [6.07, 6.45) is 0. The molecule has 0 aliphatic heterocycles. The van der Waals surface area contributed by atoms with Gasteiger partial charge in [-0.25, -0.2) is 0 Å². The smallest absolute Gasteiger partial charge is 0.248 e. The molecular formula is C18H28N8S. The van der Waals surface area contributed by atoms with Crippen LogP contribution in [0.15, 0.2) is 18.2 Å². The molecule has 1 heterocycles. The van der Waals surface area contributed by atoms with E-state index in [1.807, 2.05) is 46.8 Å². The second-order valence-corrected chi connectivity index (χ2v) is 7.26. The van der Waals surface area contributed by atoms with Crippen molar-refractivity contribution in [3.63, 3.8) is 0 Å². The van der Waals surface area contributed by atoms with E-state index in [4.69, 9.17) is 12.2 Å². The molecule has 8 nitrogen and oxygen atoms in total. The van der Waals surface area contributed by atoms with E-state index in [-0.39, 0.29) is 12.1 Å². The summed E-state index contributed by atoms with van der Waals surface area (Å²) in [7, 11) is 0. The van der Waals surface area contributed by atoms with E-state index in [1.165, 1.54) is 5.56 Å². The predicted molar refractivity (Wildman–Crippen MR) is 116 cm³/mol. The molecule has 27 heavy (non-hydrogen) atoms. The lowest BCUT2D eigenvalue weighted by atomic mass is 10.1. The van der Waals surface area contributed by atoms with E-state index in [0.29, 0.717) is 23.0 Å². The molecule has 0 unspecified atom stereocenters. The molecule has 1 aromatic carbocycles. The zero-order valence-electron chi connectivity index (χ0n) is 16.6. The first kappa shape index (κ1) is 20.6. The van der Waals surface area contributed by atoms with Crippen LogP contribution in [0.25, 0.3) is 0 Å². The number of rotatable bonds is 7. The summed E-state index contributed by atoms with van der Waals surface area (Å²) in [6, 6.07) is 6.43. The third-order valence-corrected chi connectivity index (χ3v) is 3.82. The van der Waals surface area contributed by atoms with Crippen LogP contribution in [-0.2, 0) is 0 Å². The highest BCUT2D eigenvalue weighted by Crippen LogP contribution is 2.17. The standard InChI is InChI=1S/C18H28N8S/c1-10(2)19-15-22-16(20-11(3)4)24-17(23-15)25-26-18(27)21-14-9-7-8-12(5)13(14)6/h7-11H,1-6H3,(H2,21,26,27)(H3,19,20,22,23,24,25). The van der Waals surface area contributed by atoms with Gasteiger partial charge in [-0.1, -0.05) is 12.1 Å². The van der Waals surface area contributed by atoms with Gasteiger partial charge in [0.05, 0.1) is 0 Å². The van der Waals surface area contributed by atoms with Gasteiger partial charge in [-0.2, -0.15) is 15.0 Å². The minimum absolute atomic E-state index is 0.201. The highest BCUT2D eigenvalue weighted by Gasteiger charge is 2.09. The molecule has 146 valence electrons. The lowest BCUT2D eigenvalue weighted by molar-refractivity contribution is 0.842. The number of thiocarbonyl (C=S) groups is 1. The third-order valence-electron chi connectivity index (χ3n) is 3.61. The van der Waals surface area contributed by atoms with Crippen LogP contribution in [0.4, 0.5) is 23.5 Å². The summed E-state index contributed by atoms with van der Waals surface area (Å²) in [5.41, 5.74) is 9.14. The van der Waals surface area contributed by atoms with Crippen LogP contribution in [0.5, 0.6) is 0 Å². The van der Waals surface area contributed by atoms with Crippen LogP contribution in [0.3, 0.4) is 0 Å². The number of benzene rings is 1. The first-order chi connectivity index (χ1) is 12.7. The summed E-state index contributed by atoms with van der Waals surface area (Å²) >= 11 is 5.36. The topological polar surface area (TPSA) is 98.8 Å². The van der Waals surface area contributed by atoms with Crippen molar-refractivity contribution in [3.05, 3.63) is 29.3 Å². The van der Waals surface area contributed by atoms with Gasteiger partial charge in [-0.05, 0) is 71.0 Å². The SMILES string of the molecule is Cc1cccc(NC(=S)NNc2nc(NC(C)C)nc(NC(C)C)n2)c1C. The Morgan fingerprint density at radius 3 is 2.00 bits per heavy atom. The molecule has 2 aromatic rings. The molecule has 5 N–H and O–H groups in total. The fourth-order valence-electron chi connectivity index (χ4n) is 2.23. The second-order valence-electron chi connectivity index (χ2n) is 6.86. The number of nitrogens with one attached hydrogen (secondary N) is 5. The number of hydrogen-bond donors (Lipinski definition) is 5. The first-order valence-corrected chi connectivity index (χ1v) is 9.33. The molecule has 0 spiro atoms. The molecule has 0 amide bonds. The summed E-state index contributed by atoms with van der Waals surface area (Å²) in [5.74, 6) is 1.34. The maximum absolute atomic E-state index is 5.36. The van der Waals surface area contributed by atoms with Crippen molar-refractivity contribution in [1.29, 1.82) is 0 Å². The fraction of sp³-hybridized carbons (Fsp3) is 0.444. The summed E-state index contributed by atoms with van der Waals surface area (Å²) in [4.78, 5) is 13.1. The van der Waals surface area contributed by atoms with Crippen molar-refractivity contribution >= 4 is 40.9 Å². The largest absolute Gasteiger partial charge is 0.352 e. The molecule has 2 rings (SSSR count). The normalized spacial score (nSPS) is 10.7. The van der Waals surface area contributed by atoms with Crippen LogP contribution in [0.2, 0.25) is 0 Å². The van der Waals surface area contributed by atoms with Crippen molar-refractivity contribution < 1.29 is 0 Å². The lowest BCUT2D eigenvalue weighted by Crippen LogP contribution is -2.34. The Morgan fingerprint density at radius 1 is 0.889 bits per heavy atom. The van der Waals surface area contributed by atoms with Crippen molar-refractivity contribution in [3.8, 4) is 0 Å². The number of aryl methyl sites for hydroxylation is 1. The van der Waals surface area contributed by atoms with Crippen molar-refractivity contribution in [2.24, 2.45) is 0 Å². The maximum atomic E-state index is 5.36. The van der Waals surface area contributed by atoms with Gasteiger partial charge in [0.25, 0.3) is 0 Å². The van der Waals surface area contributed by atoms with Crippen LogP contribution in [-0.4, -0.2) is 32.1 Å². The van der Waals surface area contributed by atoms with Crippen molar-refractivity contribution in [2.75, 3.05) is 21.4 Å². The van der Waals surface area contributed by atoms with E-state index in [0.717, 1.165) is 11.3 Å². The van der Waals surface area contributed by atoms with Crippen LogP contribution >= 0.6 is 12.2 Å². The lowest BCUT2D eigenvalue weighted by Gasteiger charge is -2.16. The zero-order valence-corrected chi connectivity index (χ0v) is 17.5. The highest BCUT2D eigenvalue weighted by atomic mass is 32.1. The van der Waals surface area contributed by atoms with E-state index in [2.05, 4.69) is 54.7 Å². The molecule has 0 aliphatic rings. The van der Waals surface area contributed by atoms with E-state index >= 15 is 0 Å². The quantitative estimate of drug-likeness (QED) is 0.361. The Balaban J connectivity index is 2.06. The average Bonchev–Trinajstić information content (AvgIpc) is 2.56. The monoisotopic (exact) mass is 388 g/mol. The Morgan fingerprint density at radius 2 is 1.44 bits per heavy atom. The minimum Gasteiger partial charge on any atom is -0.352 e. The number of hydrazine groups is 1. The molecule has 0 bridgehead atoms. The van der Waals surface area contributed by atoms with E-state index in [9.17, 15) is 0 Å². The fourth-order valence-corrected chi connectivity index (χ4v) is 2.39. The van der Waals surface area contributed by atoms with Gasteiger partial charge < -0.3 is 16.0 Å². The Kier molecular flexibility index (Phi) is 7.12. The molecule has 0 fully saturated rings. The van der Waals surface area contributed by atoms with Gasteiger partial charge in [0.15, 0.2) is 5.11 Å². The molecule has 0 aliphatic carbocycles. The summed E-state index contributed by atoms with van der Waals surface area (Å²) < 4.78 is 0. The molecule has 0 saturated carbocycles. The van der Waals surface area contributed by atoms with Crippen LogP contribution in [0.1, 0.15) is 38.8 Å². The Bertz CT molecular complexity index is 763. The van der Waals surface area contributed by atoms with Gasteiger partial charge in [-0.3, -0.25) is 10.9 Å². The summed E-state index contributed by atoms with van der Waals surface area (Å²) in [6.45, 7) is 12.2. The molecule has 0 atom stereocenters. The van der Waals surface area contributed by atoms with Crippen molar-refractivity contribution in [1.82, 2.24) is 20.4 Å². The van der Waals surface area contributed by atoms with Gasteiger partial charge in [-0.15, -0.1) is 0 Å². The predicted octanol–water partition coefficient (Wildman–Crippen LogP) is 3.44. The van der Waals surface area contributed by atoms with E-state index in [1.54, 1.807) is 0 Å². The van der Waals surface area contributed by atoms with Gasteiger partial charge >= 0.3 is 0 Å². The molecule has 1 aromatic heterocycles. The Labute approximate surface area is 166 Å². The zero-order chi connectivity index (χ0) is 20.0. The van der Waals surface area contributed by atoms with Crippen LogP contribution < -0.4 is 26.8 Å². The highest BCUT2D eigenvalue weighted by molar-refractivity contribution is 7.80. The van der Waals surface area contributed by atoms with Crippen LogP contribution in [0, 0.1) is 13.8 Å².